The molecule has 108 valence electrons. The molecule has 0 aromatic heterocycles. The molecule has 0 unspecified atom stereocenters. The molecule has 3 aromatic carbocycles. The summed E-state index contributed by atoms with van der Waals surface area (Å²) in [5, 5.41) is 0. The van der Waals surface area contributed by atoms with Crippen molar-refractivity contribution in [2.45, 2.75) is 0 Å². The first-order valence-corrected chi connectivity index (χ1v) is 7.65. The molecule has 0 aliphatic heterocycles. The highest BCUT2D eigenvalue weighted by Crippen LogP contribution is 2.23. The van der Waals surface area contributed by atoms with Crippen LogP contribution in [0.5, 0.6) is 5.75 Å². The van der Waals surface area contributed by atoms with E-state index < -0.39 is 0 Å². The zero-order valence-electron chi connectivity index (χ0n) is 11.7. The normalized spacial score (nSPS) is 10.2. The minimum absolute atomic E-state index is 0.367. The summed E-state index contributed by atoms with van der Waals surface area (Å²) in [6, 6.07) is 24.7. The van der Waals surface area contributed by atoms with Crippen LogP contribution in [0.15, 0.2) is 83.3 Å². The minimum Gasteiger partial charge on any atom is -0.423 e. The summed E-state index contributed by atoms with van der Waals surface area (Å²) >= 11 is 3.34. The van der Waals surface area contributed by atoms with Gasteiger partial charge in [-0.2, -0.15) is 0 Å². The Labute approximate surface area is 137 Å². The fourth-order valence-electron chi connectivity index (χ4n) is 2.13. The van der Waals surface area contributed by atoms with Gasteiger partial charge in [0, 0.05) is 4.47 Å². The third-order valence-corrected chi connectivity index (χ3v) is 3.73. The van der Waals surface area contributed by atoms with Gasteiger partial charge in [0.15, 0.2) is 0 Å². The van der Waals surface area contributed by atoms with Crippen LogP contribution in [-0.2, 0) is 0 Å². The van der Waals surface area contributed by atoms with Crippen molar-refractivity contribution in [2.24, 2.45) is 0 Å². The van der Waals surface area contributed by atoms with Crippen LogP contribution in [0.3, 0.4) is 0 Å². The number of esters is 1. The van der Waals surface area contributed by atoms with E-state index in [0.717, 1.165) is 15.6 Å². The molecule has 0 fully saturated rings. The summed E-state index contributed by atoms with van der Waals surface area (Å²) in [6.45, 7) is 0. The third-order valence-electron chi connectivity index (χ3n) is 3.23. The first kappa shape index (κ1) is 14.5. The highest BCUT2D eigenvalue weighted by atomic mass is 79.9. The van der Waals surface area contributed by atoms with Gasteiger partial charge in [-0.05, 0) is 41.5 Å². The first-order chi connectivity index (χ1) is 10.7. The maximum absolute atomic E-state index is 12.1. The van der Waals surface area contributed by atoms with Crippen molar-refractivity contribution in [3.8, 4) is 16.9 Å². The lowest BCUT2D eigenvalue weighted by Gasteiger charge is -2.06. The number of ether oxygens (including phenoxy) is 1. The van der Waals surface area contributed by atoms with Crippen LogP contribution >= 0.6 is 15.9 Å². The lowest BCUT2D eigenvalue weighted by Crippen LogP contribution is -2.08. The van der Waals surface area contributed by atoms with E-state index in [2.05, 4.69) is 15.9 Å². The van der Waals surface area contributed by atoms with Crippen molar-refractivity contribution >= 4 is 21.9 Å². The summed E-state index contributed by atoms with van der Waals surface area (Å²) in [4.78, 5) is 12.1. The standard InChI is InChI=1S/C19H13BrO2/c20-17-8-4-7-16(13-17)19(21)22-18-11-9-15(10-12-18)14-5-2-1-3-6-14/h1-13H. The summed E-state index contributed by atoms with van der Waals surface area (Å²) in [5.41, 5.74) is 2.73. The Morgan fingerprint density at radius 1 is 0.773 bits per heavy atom. The van der Waals surface area contributed by atoms with Crippen molar-refractivity contribution in [3.63, 3.8) is 0 Å². The van der Waals surface area contributed by atoms with E-state index in [-0.39, 0.29) is 5.97 Å². The van der Waals surface area contributed by atoms with Gasteiger partial charge in [0.05, 0.1) is 5.56 Å². The van der Waals surface area contributed by atoms with E-state index in [9.17, 15) is 4.79 Å². The monoisotopic (exact) mass is 352 g/mol. The topological polar surface area (TPSA) is 26.3 Å². The van der Waals surface area contributed by atoms with E-state index in [4.69, 9.17) is 4.74 Å². The van der Waals surface area contributed by atoms with Gasteiger partial charge in [-0.25, -0.2) is 4.79 Å². The van der Waals surface area contributed by atoms with Crippen molar-refractivity contribution in [3.05, 3.63) is 88.9 Å². The molecule has 3 rings (SSSR count). The van der Waals surface area contributed by atoms with E-state index >= 15 is 0 Å². The molecule has 0 radical (unpaired) electrons. The van der Waals surface area contributed by atoms with Crippen LogP contribution in [0.2, 0.25) is 0 Å². The predicted molar refractivity (Wildman–Crippen MR) is 91.0 cm³/mol. The summed E-state index contributed by atoms with van der Waals surface area (Å²) in [6.07, 6.45) is 0. The molecule has 0 spiro atoms. The Balaban J connectivity index is 1.75. The SMILES string of the molecule is O=C(Oc1ccc(-c2ccccc2)cc1)c1cccc(Br)c1. The van der Waals surface area contributed by atoms with Gasteiger partial charge in [0.1, 0.15) is 5.75 Å². The van der Waals surface area contributed by atoms with Crippen molar-refractivity contribution in [1.29, 1.82) is 0 Å². The first-order valence-electron chi connectivity index (χ1n) is 6.85. The van der Waals surface area contributed by atoms with Gasteiger partial charge in [0.2, 0.25) is 0 Å². The van der Waals surface area contributed by atoms with Crippen molar-refractivity contribution < 1.29 is 9.53 Å². The molecule has 0 aliphatic rings. The minimum atomic E-state index is -0.367. The zero-order chi connectivity index (χ0) is 15.4. The van der Waals surface area contributed by atoms with Crippen LogP contribution in [0.1, 0.15) is 10.4 Å². The van der Waals surface area contributed by atoms with Crippen LogP contribution in [0, 0.1) is 0 Å². The average Bonchev–Trinajstić information content (AvgIpc) is 2.56. The molecule has 0 atom stereocenters. The molecule has 3 heteroatoms. The largest absolute Gasteiger partial charge is 0.423 e. The number of hydrogen-bond acceptors (Lipinski definition) is 2. The third kappa shape index (κ3) is 3.43. The smallest absolute Gasteiger partial charge is 0.343 e. The quantitative estimate of drug-likeness (QED) is 0.470. The molecule has 0 N–H and O–H groups in total. The van der Waals surface area contributed by atoms with E-state index in [1.165, 1.54) is 0 Å². The molecule has 22 heavy (non-hydrogen) atoms. The highest BCUT2D eigenvalue weighted by Gasteiger charge is 2.09. The number of carbonyl (C=O) groups excluding carboxylic acids is 1. The fraction of sp³-hybridized carbons (Fsp3) is 0. The molecule has 2 nitrogen and oxygen atoms in total. The number of benzene rings is 3. The predicted octanol–water partition coefficient (Wildman–Crippen LogP) is 5.34. The van der Waals surface area contributed by atoms with Crippen LogP contribution in [-0.4, -0.2) is 5.97 Å². The van der Waals surface area contributed by atoms with Crippen molar-refractivity contribution in [1.82, 2.24) is 0 Å². The maximum Gasteiger partial charge on any atom is 0.343 e. The van der Waals surface area contributed by atoms with Crippen LogP contribution in [0.4, 0.5) is 0 Å². The van der Waals surface area contributed by atoms with Gasteiger partial charge in [0.25, 0.3) is 0 Å². The molecule has 3 aromatic rings. The van der Waals surface area contributed by atoms with E-state index in [1.807, 2.05) is 48.5 Å². The maximum atomic E-state index is 12.1. The lowest BCUT2D eigenvalue weighted by atomic mass is 10.1. The fourth-order valence-corrected chi connectivity index (χ4v) is 2.53. The van der Waals surface area contributed by atoms with Gasteiger partial charge in [-0.1, -0.05) is 64.5 Å². The van der Waals surface area contributed by atoms with Gasteiger partial charge in [-0.3, -0.25) is 0 Å². The van der Waals surface area contributed by atoms with E-state index in [0.29, 0.717) is 11.3 Å². The summed E-state index contributed by atoms with van der Waals surface area (Å²) in [7, 11) is 0. The molecular weight excluding hydrogens is 340 g/mol. The molecule has 0 saturated carbocycles. The van der Waals surface area contributed by atoms with Crippen LogP contribution in [0.25, 0.3) is 11.1 Å². The molecular formula is C19H13BrO2. The second-order valence-corrected chi connectivity index (χ2v) is 5.71. The molecule has 0 heterocycles. The summed E-state index contributed by atoms with van der Waals surface area (Å²) in [5.74, 6) is 0.165. The second kappa shape index (κ2) is 6.58. The molecule has 0 amide bonds. The Morgan fingerprint density at radius 2 is 1.45 bits per heavy atom. The molecule has 0 aliphatic carbocycles. The Bertz CT molecular complexity index is 780. The van der Waals surface area contributed by atoms with Crippen molar-refractivity contribution in [2.75, 3.05) is 0 Å². The number of carbonyl (C=O) groups is 1. The number of hydrogen-bond donors (Lipinski definition) is 0. The Hall–Kier alpha value is -2.39. The highest BCUT2D eigenvalue weighted by molar-refractivity contribution is 9.10. The van der Waals surface area contributed by atoms with Gasteiger partial charge >= 0.3 is 5.97 Å². The Kier molecular flexibility index (Phi) is 4.35. The Morgan fingerprint density at radius 3 is 2.14 bits per heavy atom. The molecule has 0 saturated heterocycles. The molecule has 0 bridgehead atoms. The van der Waals surface area contributed by atoms with E-state index in [1.54, 1.807) is 30.3 Å². The zero-order valence-corrected chi connectivity index (χ0v) is 13.3. The van der Waals surface area contributed by atoms with Gasteiger partial charge in [-0.15, -0.1) is 0 Å². The average molecular weight is 353 g/mol. The van der Waals surface area contributed by atoms with Crippen LogP contribution < -0.4 is 4.74 Å². The lowest BCUT2D eigenvalue weighted by molar-refractivity contribution is 0.0734. The van der Waals surface area contributed by atoms with Gasteiger partial charge < -0.3 is 4.74 Å². The number of halogens is 1. The number of rotatable bonds is 3. The summed E-state index contributed by atoms with van der Waals surface area (Å²) < 4.78 is 6.24. The second-order valence-electron chi connectivity index (χ2n) is 4.79.